The average Bonchev–Trinajstić information content (AvgIpc) is 3.06. The smallest absolute Gasteiger partial charge is 0.176 e. The normalized spacial score (nSPS) is 11.2. The number of nitrogens with zero attached hydrogens (tertiary/aromatic N) is 6. The number of benzene rings is 4. The fourth-order valence-electron chi connectivity index (χ4n) is 4.69. The molecule has 0 unspecified atom stereocenters. The van der Waals surface area contributed by atoms with Crippen molar-refractivity contribution in [2.75, 3.05) is 25.1 Å². The van der Waals surface area contributed by atoms with Gasteiger partial charge in [-0.2, -0.15) is 20.4 Å². The summed E-state index contributed by atoms with van der Waals surface area (Å²) in [6, 6.07) is 21.9. The van der Waals surface area contributed by atoms with Crippen molar-refractivity contribution in [2.45, 2.75) is 0 Å². The summed E-state index contributed by atoms with van der Waals surface area (Å²) in [7, 11) is 2.88. The lowest BCUT2D eigenvalue weighted by Gasteiger charge is -2.15. The van der Waals surface area contributed by atoms with Crippen LogP contribution in [0.25, 0.3) is 32.7 Å². The van der Waals surface area contributed by atoms with Gasteiger partial charge >= 0.3 is 0 Å². The molecule has 6 aromatic rings. The van der Waals surface area contributed by atoms with Gasteiger partial charge < -0.3 is 19.7 Å². The summed E-state index contributed by atoms with van der Waals surface area (Å²) in [6.45, 7) is 0. The van der Waals surface area contributed by atoms with Crippen molar-refractivity contribution in [1.29, 1.82) is 0 Å². The number of methoxy groups -OCH3 is 2. The van der Waals surface area contributed by atoms with Crippen molar-refractivity contribution < 1.29 is 19.7 Å². The summed E-state index contributed by atoms with van der Waals surface area (Å²) in [5.74, 6) is 0.997. The van der Waals surface area contributed by atoms with Gasteiger partial charge in [0.2, 0.25) is 0 Å². The van der Waals surface area contributed by atoms with Crippen LogP contribution in [0.3, 0.4) is 0 Å². The van der Waals surface area contributed by atoms with E-state index in [4.69, 9.17) is 9.47 Å². The van der Waals surface area contributed by atoms with Crippen LogP contribution < -0.4 is 20.3 Å². The van der Waals surface area contributed by atoms with Gasteiger partial charge in [-0.15, -0.1) is 22.6 Å². The van der Waals surface area contributed by atoms with Gasteiger partial charge in [0.1, 0.15) is 0 Å². The molecule has 0 saturated carbocycles. The van der Waals surface area contributed by atoms with E-state index in [0.29, 0.717) is 22.8 Å². The van der Waals surface area contributed by atoms with Gasteiger partial charge in [0, 0.05) is 32.7 Å². The van der Waals surface area contributed by atoms with E-state index in [-0.39, 0.29) is 46.5 Å². The van der Waals surface area contributed by atoms with E-state index in [1.165, 1.54) is 14.2 Å². The van der Waals surface area contributed by atoms with Crippen LogP contribution in [0.15, 0.2) is 95.4 Å². The lowest BCUT2D eigenvalue weighted by molar-refractivity contribution is 0.371. The molecule has 0 bridgehead atoms. The highest BCUT2D eigenvalue weighted by Crippen LogP contribution is 2.45. The number of halogens is 1. The van der Waals surface area contributed by atoms with Crippen LogP contribution in [0.4, 0.5) is 11.6 Å². The van der Waals surface area contributed by atoms with Crippen LogP contribution in [0.5, 0.6) is 23.0 Å². The van der Waals surface area contributed by atoms with E-state index >= 15 is 0 Å². The zero-order valence-electron chi connectivity index (χ0n) is 24.0. The highest BCUT2D eigenvalue weighted by molar-refractivity contribution is 5.94. The van der Waals surface area contributed by atoms with Crippen LogP contribution in [-0.2, 0) is 0 Å². The second-order valence-corrected chi connectivity index (χ2v) is 9.54. The first-order chi connectivity index (χ1) is 21.6. The number of fused-ring (bicyclic) bond motifs is 2. The van der Waals surface area contributed by atoms with Crippen molar-refractivity contribution in [1.82, 2.24) is 20.4 Å². The van der Waals surface area contributed by atoms with Crippen molar-refractivity contribution >= 4 is 58.0 Å². The highest BCUT2D eigenvalue weighted by atomic mass is 35.5. The van der Waals surface area contributed by atoms with Gasteiger partial charge in [-0.05, 0) is 35.4 Å². The second kappa shape index (κ2) is 13.5. The Morgan fingerprint density at radius 2 is 1.07 bits per heavy atom. The molecule has 0 fully saturated rings. The van der Waals surface area contributed by atoms with E-state index in [0.717, 1.165) is 21.5 Å². The SMILES string of the molecule is COc1cc(/C=N/Nc2nncc3ccccc23)cc(-c2cc(/C=N/Nc3nncc4ccccc34)cc(OC)c2O)c1O.Cl. The molecule has 0 aliphatic heterocycles. The van der Waals surface area contributed by atoms with Gasteiger partial charge in [0.15, 0.2) is 34.6 Å². The van der Waals surface area contributed by atoms with Crippen LogP contribution in [0, 0.1) is 0 Å². The first kappa shape index (κ1) is 30.4. The number of nitrogens with one attached hydrogen (secondary N) is 2. The van der Waals surface area contributed by atoms with E-state index < -0.39 is 0 Å². The van der Waals surface area contributed by atoms with Gasteiger partial charge in [-0.25, -0.2) is 0 Å². The predicted octanol–water partition coefficient (Wildman–Crippen LogP) is 5.98. The number of rotatable bonds is 9. The van der Waals surface area contributed by atoms with Crippen LogP contribution in [0.2, 0.25) is 0 Å². The molecule has 13 heteroatoms. The predicted molar refractivity (Wildman–Crippen MR) is 177 cm³/mol. The third-order valence-electron chi connectivity index (χ3n) is 6.83. The Hall–Kier alpha value is -6.01. The quantitative estimate of drug-likeness (QED) is 0.112. The molecule has 0 aliphatic rings. The molecule has 4 aromatic carbocycles. The number of hydrogen-bond donors (Lipinski definition) is 4. The average molecular weight is 623 g/mol. The topological polar surface area (TPSA) is 159 Å². The van der Waals surface area contributed by atoms with Crippen molar-refractivity contribution in [3.05, 3.63) is 96.3 Å². The van der Waals surface area contributed by atoms with Crippen molar-refractivity contribution in [3.63, 3.8) is 0 Å². The first-order valence-corrected chi connectivity index (χ1v) is 13.4. The van der Waals surface area contributed by atoms with Crippen molar-refractivity contribution in [3.8, 4) is 34.1 Å². The number of ether oxygens (including phenoxy) is 2. The lowest BCUT2D eigenvalue weighted by Crippen LogP contribution is -1.98. The number of phenolic OH excluding ortho intramolecular Hbond substituents is 2. The maximum Gasteiger partial charge on any atom is 0.176 e. The van der Waals surface area contributed by atoms with E-state index in [1.54, 1.807) is 49.1 Å². The zero-order valence-corrected chi connectivity index (χ0v) is 24.9. The molecule has 12 nitrogen and oxygen atoms in total. The molecule has 226 valence electrons. The van der Waals surface area contributed by atoms with E-state index in [2.05, 4.69) is 41.4 Å². The minimum Gasteiger partial charge on any atom is -0.504 e. The minimum absolute atomic E-state index is 0. The summed E-state index contributed by atoms with van der Waals surface area (Å²) in [5.41, 5.74) is 7.57. The lowest BCUT2D eigenvalue weighted by atomic mass is 9.98. The molecular weight excluding hydrogens is 596 g/mol. The molecule has 0 spiro atoms. The summed E-state index contributed by atoms with van der Waals surface area (Å²) >= 11 is 0. The summed E-state index contributed by atoms with van der Waals surface area (Å²) < 4.78 is 10.9. The molecule has 6 rings (SSSR count). The number of phenols is 2. The Morgan fingerprint density at radius 3 is 1.49 bits per heavy atom. The molecule has 0 atom stereocenters. The second-order valence-electron chi connectivity index (χ2n) is 9.54. The number of aromatic nitrogens is 4. The first-order valence-electron chi connectivity index (χ1n) is 13.4. The molecule has 4 N–H and O–H groups in total. The van der Waals surface area contributed by atoms with Crippen LogP contribution in [-0.4, -0.2) is 57.3 Å². The molecule has 0 aliphatic carbocycles. The van der Waals surface area contributed by atoms with Crippen LogP contribution in [0.1, 0.15) is 11.1 Å². The van der Waals surface area contributed by atoms with Gasteiger partial charge in [-0.3, -0.25) is 10.9 Å². The molecule has 0 radical (unpaired) electrons. The largest absolute Gasteiger partial charge is 0.504 e. The van der Waals surface area contributed by atoms with E-state index in [1.807, 2.05) is 48.5 Å². The number of anilines is 2. The minimum atomic E-state index is -0.173. The summed E-state index contributed by atoms with van der Waals surface area (Å²) in [4.78, 5) is 0. The highest BCUT2D eigenvalue weighted by Gasteiger charge is 2.19. The Balaban J connectivity index is 0.00000400. The monoisotopic (exact) mass is 622 g/mol. The molecule has 2 heterocycles. The van der Waals surface area contributed by atoms with Crippen LogP contribution >= 0.6 is 12.4 Å². The maximum atomic E-state index is 11.1. The summed E-state index contributed by atoms with van der Waals surface area (Å²) in [6.07, 6.45) is 6.44. The third-order valence-corrected chi connectivity index (χ3v) is 6.83. The van der Waals surface area contributed by atoms with Crippen molar-refractivity contribution in [2.24, 2.45) is 10.2 Å². The molecule has 0 saturated heterocycles. The Labute approximate surface area is 263 Å². The van der Waals surface area contributed by atoms with Gasteiger partial charge in [-0.1, -0.05) is 48.5 Å². The Bertz CT molecular complexity index is 1900. The third kappa shape index (κ3) is 6.36. The van der Waals surface area contributed by atoms with Gasteiger partial charge in [0.05, 0.1) is 39.0 Å². The summed E-state index contributed by atoms with van der Waals surface area (Å²) in [5, 5.41) is 50.7. The number of hydrazone groups is 2. The Morgan fingerprint density at radius 1 is 0.644 bits per heavy atom. The van der Waals surface area contributed by atoms with E-state index in [9.17, 15) is 10.2 Å². The standard InChI is InChI=1S/C32H26N8O4.ClH/c1-43-27-13-19(15-33-37-31-23-9-5-3-7-21(23)17-35-39-31)11-25(29(27)41)26-12-20(14-28(44-2)30(26)42)16-34-38-32-24-10-6-4-8-22(24)18-36-40-32;/h3-18,41-42H,1-2H3,(H,37,39)(H,38,40);1H/b33-15+,34-16+;. The molecule has 0 amide bonds. The zero-order chi connectivity index (χ0) is 30.5. The number of aromatic hydroxyl groups is 2. The molecule has 45 heavy (non-hydrogen) atoms. The maximum absolute atomic E-state index is 11.1. The molecule has 2 aromatic heterocycles. The molecular formula is C32H27ClN8O4. The fraction of sp³-hybridized carbons (Fsp3) is 0.0625. The fourth-order valence-corrected chi connectivity index (χ4v) is 4.69. The Kier molecular flexibility index (Phi) is 9.15. The number of hydrogen-bond acceptors (Lipinski definition) is 12. The van der Waals surface area contributed by atoms with Gasteiger partial charge in [0.25, 0.3) is 0 Å².